The number of anilines is 2. The summed E-state index contributed by atoms with van der Waals surface area (Å²) in [5.41, 5.74) is 1.94. The van der Waals surface area contributed by atoms with Crippen LogP contribution in [0.15, 0.2) is 60.7 Å². The lowest BCUT2D eigenvalue weighted by molar-refractivity contribution is 0.262. The summed E-state index contributed by atoms with van der Waals surface area (Å²) < 4.78 is 14.7. The Morgan fingerprint density at radius 2 is 1.71 bits per heavy atom. The fourth-order valence-corrected chi connectivity index (χ4v) is 3.20. The number of carbonyl (C=O) groups excluding carboxylic acids is 1. The molecule has 0 saturated carbocycles. The molecule has 28 heavy (non-hydrogen) atoms. The molecule has 0 radical (unpaired) electrons. The van der Waals surface area contributed by atoms with Crippen molar-refractivity contribution < 1.29 is 9.18 Å². The molecule has 0 aliphatic carbocycles. The van der Waals surface area contributed by atoms with Gasteiger partial charge in [0.15, 0.2) is 11.6 Å². The molecule has 4 rings (SSSR count). The highest BCUT2D eigenvalue weighted by molar-refractivity contribution is 6.34. The molecule has 0 aliphatic heterocycles. The summed E-state index contributed by atoms with van der Waals surface area (Å²) in [7, 11) is 0. The van der Waals surface area contributed by atoms with Crippen molar-refractivity contribution in [2.24, 2.45) is 0 Å². The minimum atomic E-state index is -0.628. The zero-order valence-corrected chi connectivity index (χ0v) is 15.8. The van der Waals surface area contributed by atoms with Gasteiger partial charge in [-0.15, -0.1) is 0 Å². The van der Waals surface area contributed by atoms with Crippen LogP contribution >= 0.6 is 23.2 Å². The molecule has 3 aromatic carbocycles. The molecular weight excluding hydrogens is 402 g/mol. The molecule has 5 nitrogen and oxygen atoms in total. The van der Waals surface area contributed by atoms with Crippen LogP contribution in [0.2, 0.25) is 10.0 Å². The Balaban J connectivity index is 1.67. The van der Waals surface area contributed by atoms with Gasteiger partial charge in [-0.3, -0.25) is 10.4 Å². The van der Waals surface area contributed by atoms with Gasteiger partial charge in [0.25, 0.3) is 0 Å². The van der Waals surface area contributed by atoms with Gasteiger partial charge >= 0.3 is 6.03 Å². The van der Waals surface area contributed by atoms with Crippen molar-refractivity contribution in [3.8, 4) is 11.1 Å². The largest absolute Gasteiger partial charge is 0.324 e. The third-order valence-corrected chi connectivity index (χ3v) is 4.78. The summed E-state index contributed by atoms with van der Waals surface area (Å²) in [5.74, 6) is -0.439. The topological polar surface area (TPSA) is 69.8 Å². The van der Waals surface area contributed by atoms with Crippen molar-refractivity contribution in [3.05, 3.63) is 76.5 Å². The smallest absolute Gasteiger partial charge is 0.308 e. The fourth-order valence-electron chi connectivity index (χ4n) is 2.82. The van der Waals surface area contributed by atoms with Gasteiger partial charge in [0.1, 0.15) is 5.52 Å². The Bertz CT molecular complexity index is 1160. The molecule has 140 valence electrons. The van der Waals surface area contributed by atoms with Crippen molar-refractivity contribution in [2.45, 2.75) is 0 Å². The lowest BCUT2D eigenvalue weighted by atomic mass is 10.0. The van der Waals surface area contributed by atoms with Crippen LogP contribution in [0, 0.1) is 5.82 Å². The first-order valence-electron chi connectivity index (χ1n) is 8.28. The number of aromatic nitrogens is 2. The van der Waals surface area contributed by atoms with Gasteiger partial charge in [0, 0.05) is 21.7 Å². The highest BCUT2D eigenvalue weighted by Gasteiger charge is 2.19. The van der Waals surface area contributed by atoms with Gasteiger partial charge in [0.05, 0.1) is 5.02 Å². The minimum Gasteiger partial charge on any atom is -0.308 e. The second-order valence-corrected chi connectivity index (χ2v) is 6.81. The quantitative estimate of drug-likeness (QED) is 0.367. The van der Waals surface area contributed by atoms with E-state index >= 15 is 0 Å². The average molecular weight is 415 g/mol. The van der Waals surface area contributed by atoms with Crippen LogP contribution in [0.25, 0.3) is 22.0 Å². The standard InChI is InChI=1S/C20H13Cl2FN4O/c21-12-6-8-13(9-7-12)24-20(28)25-19-15-10-14(11-4-2-1-3-5-11)16(22)17(23)18(15)26-27-19/h1-10H,(H3,24,25,26,27,28). The van der Waals surface area contributed by atoms with Gasteiger partial charge in [-0.1, -0.05) is 53.5 Å². The molecule has 0 saturated heterocycles. The molecule has 4 aromatic rings. The van der Waals surface area contributed by atoms with E-state index in [1.54, 1.807) is 30.3 Å². The third kappa shape index (κ3) is 3.52. The Hall–Kier alpha value is -3.09. The van der Waals surface area contributed by atoms with E-state index in [-0.39, 0.29) is 16.4 Å². The number of fused-ring (bicyclic) bond motifs is 1. The van der Waals surface area contributed by atoms with Crippen molar-refractivity contribution in [3.63, 3.8) is 0 Å². The zero-order valence-electron chi connectivity index (χ0n) is 14.3. The second-order valence-electron chi connectivity index (χ2n) is 6.00. The third-order valence-electron chi connectivity index (χ3n) is 4.16. The first-order chi connectivity index (χ1) is 13.5. The molecule has 2 amide bonds. The Kier molecular flexibility index (Phi) is 4.90. The lowest BCUT2D eigenvalue weighted by Crippen LogP contribution is -2.19. The van der Waals surface area contributed by atoms with Crippen LogP contribution in [-0.2, 0) is 0 Å². The molecule has 8 heteroatoms. The average Bonchev–Trinajstić information content (AvgIpc) is 3.09. The zero-order chi connectivity index (χ0) is 19.7. The predicted molar refractivity (Wildman–Crippen MR) is 111 cm³/mol. The van der Waals surface area contributed by atoms with Crippen molar-refractivity contribution in [1.82, 2.24) is 10.2 Å². The number of benzene rings is 3. The Labute approximate surface area is 169 Å². The number of nitrogens with one attached hydrogen (secondary N) is 3. The van der Waals surface area contributed by atoms with Crippen LogP contribution in [0.3, 0.4) is 0 Å². The number of hydrogen-bond donors (Lipinski definition) is 3. The van der Waals surface area contributed by atoms with E-state index in [2.05, 4.69) is 20.8 Å². The number of nitrogens with zero attached hydrogens (tertiary/aromatic N) is 1. The van der Waals surface area contributed by atoms with Gasteiger partial charge < -0.3 is 5.32 Å². The van der Waals surface area contributed by atoms with Crippen LogP contribution < -0.4 is 10.6 Å². The number of hydrogen-bond acceptors (Lipinski definition) is 2. The summed E-state index contributed by atoms with van der Waals surface area (Å²) in [6.07, 6.45) is 0. The highest BCUT2D eigenvalue weighted by atomic mass is 35.5. The number of urea groups is 1. The highest BCUT2D eigenvalue weighted by Crippen LogP contribution is 2.36. The van der Waals surface area contributed by atoms with Crippen LogP contribution in [0.5, 0.6) is 0 Å². The lowest BCUT2D eigenvalue weighted by Gasteiger charge is -2.08. The first-order valence-corrected chi connectivity index (χ1v) is 9.03. The SMILES string of the molecule is O=C(Nc1ccc(Cl)cc1)Nc1n[nH]c2c(F)c(Cl)c(-c3ccccc3)cc12. The molecule has 0 unspecified atom stereocenters. The van der Waals surface area contributed by atoms with E-state index < -0.39 is 11.8 Å². The normalized spacial score (nSPS) is 10.8. The fraction of sp³-hybridized carbons (Fsp3) is 0. The van der Waals surface area contributed by atoms with E-state index in [1.165, 1.54) is 0 Å². The Morgan fingerprint density at radius 3 is 2.43 bits per heavy atom. The van der Waals surface area contributed by atoms with E-state index in [4.69, 9.17) is 23.2 Å². The maximum atomic E-state index is 14.7. The van der Waals surface area contributed by atoms with Crippen LogP contribution in [-0.4, -0.2) is 16.2 Å². The summed E-state index contributed by atoms with van der Waals surface area (Å²) in [6, 6.07) is 17.0. The molecule has 1 aromatic heterocycles. The summed E-state index contributed by atoms with van der Waals surface area (Å²) >= 11 is 12.0. The Morgan fingerprint density at radius 1 is 1.00 bits per heavy atom. The number of amides is 2. The summed E-state index contributed by atoms with van der Waals surface area (Å²) in [5, 5.41) is 12.8. The second kappa shape index (κ2) is 7.50. The molecule has 0 bridgehead atoms. The number of H-pyrrole nitrogens is 1. The van der Waals surface area contributed by atoms with Crippen molar-refractivity contribution >= 4 is 51.6 Å². The van der Waals surface area contributed by atoms with E-state index in [0.29, 0.717) is 21.7 Å². The summed E-state index contributed by atoms with van der Waals surface area (Å²) in [4.78, 5) is 12.3. The van der Waals surface area contributed by atoms with Crippen LogP contribution in [0.1, 0.15) is 0 Å². The van der Waals surface area contributed by atoms with E-state index in [0.717, 1.165) is 5.56 Å². The maximum absolute atomic E-state index is 14.7. The van der Waals surface area contributed by atoms with Gasteiger partial charge in [-0.2, -0.15) is 5.10 Å². The number of aromatic amines is 1. The molecule has 0 spiro atoms. The molecule has 0 aliphatic rings. The number of halogens is 3. The van der Waals surface area contributed by atoms with Crippen molar-refractivity contribution in [1.29, 1.82) is 0 Å². The van der Waals surface area contributed by atoms with Gasteiger partial charge in [-0.05, 0) is 35.9 Å². The number of rotatable bonds is 3. The number of carbonyl (C=O) groups is 1. The molecular formula is C20H13Cl2FN4O. The van der Waals surface area contributed by atoms with E-state index in [9.17, 15) is 9.18 Å². The maximum Gasteiger partial charge on any atom is 0.324 e. The molecule has 0 fully saturated rings. The molecule has 1 heterocycles. The monoisotopic (exact) mass is 414 g/mol. The van der Waals surface area contributed by atoms with Crippen molar-refractivity contribution in [2.75, 3.05) is 10.6 Å². The van der Waals surface area contributed by atoms with Gasteiger partial charge in [0.2, 0.25) is 0 Å². The minimum absolute atomic E-state index is 0.0143. The van der Waals surface area contributed by atoms with Gasteiger partial charge in [-0.25, -0.2) is 9.18 Å². The predicted octanol–water partition coefficient (Wildman–Crippen LogP) is 6.32. The molecule has 0 atom stereocenters. The molecule has 3 N–H and O–H groups in total. The summed E-state index contributed by atoms with van der Waals surface area (Å²) in [6.45, 7) is 0. The van der Waals surface area contributed by atoms with E-state index in [1.807, 2.05) is 30.3 Å². The van der Waals surface area contributed by atoms with Crippen LogP contribution in [0.4, 0.5) is 20.7 Å². The first kappa shape index (κ1) is 18.3.